The second-order valence-corrected chi connectivity index (χ2v) is 3.29. The second-order valence-electron chi connectivity index (χ2n) is 3.29. The van der Waals surface area contributed by atoms with Gasteiger partial charge in [0, 0.05) is 25.0 Å². The Bertz CT molecular complexity index is 244. The fourth-order valence-corrected chi connectivity index (χ4v) is 1.03. The fraction of sp³-hybridized carbons (Fsp3) is 0.500. The van der Waals surface area contributed by atoms with Crippen LogP contribution in [0.2, 0.25) is 0 Å². The lowest BCUT2D eigenvalue weighted by atomic mass is 10.2. The lowest BCUT2D eigenvalue weighted by Gasteiger charge is -2.06. The molecule has 0 spiro atoms. The van der Waals surface area contributed by atoms with Crippen LogP contribution in [0.15, 0.2) is 18.3 Å². The summed E-state index contributed by atoms with van der Waals surface area (Å²) in [5.74, 6) is 0. The van der Waals surface area contributed by atoms with E-state index in [-0.39, 0.29) is 6.10 Å². The molecule has 0 aliphatic carbocycles. The van der Waals surface area contributed by atoms with Crippen LogP contribution in [-0.2, 0) is 6.54 Å². The monoisotopic (exact) mass is 180 g/mol. The van der Waals surface area contributed by atoms with Crippen molar-refractivity contribution in [3.63, 3.8) is 0 Å². The van der Waals surface area contributed by atoms with E-state index in [9.17, 15) is 0 Å². The summed E-state index contributed by atoms with van der Waals surface area (Å²) < 4.78 is 0. The maximum absolute atomic E-state index is 9.00. The molecule has 0 radical (unpaired) electrons. The zero-order chi connectivity index (χ0) is 9.68. The molecule has 2 N–H and O–H groups in total. The topological polar surface area (TPSA) is 45.1 Å². The SMILES string of the molecule is Cc1ccc(CNC[C@H](C)O)cn1. The highest BCUT2D eigenvalue weighted by molar-refractivity contribution is 5.12. The number of hydrogen-bond donors (Lipinski definition) is 2. The van der Waals surface area contributed by atoms with Gasteiger partial charge in [-0.05, 0) is 25.5 Å². The van der Waals surface area contributed by atoms with Crippen LogP contribution in [0.1, 0.15) is 18.2 Å². The molecule has 0 amide bonds. The number of aliphatic hydroxyl groups excluding tert-OH is 1. The molecule has 0 fully saturated rings. The summed E-state index contributed by atoms with van der Waals surface area (Å²) in [6, 6.07) is 4.02. The Morgan fingerprint density at radius 2 is 2.31 bits per heavy atom. The average molecular weight is 180 g/mol. The Balaban J connectivity index is 2.33. The highest BCUT2D eigenvalue weighted by Crippen LogP contribution is 1.98. The first-order valence-electron chi connectivity index (χ1n) is 4.49. The van der Waals surface area contributed by atoms with Gasteiger partial charge in [-0.15, -0.1) is 0 Å². The summed E-state index contributed by atoms with van der Waals surface area (Å²) in [6.07, 6.45) is 1.56. The van der Waals surface area contributed by atoms with E-state index in [1.807, 2.05) is 25.3 Å². The van der Waals surface area contributed by atoms with Crippen molar-refractivity contribution in [3.05, 3.63) is 29.6 Å². The number of rotatable bonds is 4. The normalized spacial score (nSPS) is 12.8. The molecular weight excluding hydrogens is 164 g/mol. The molecule has 1 atom stereocenters. The van der Waals surface area contributed by atoms with Crippen LogP contribution in [0.3, 0.4) is 0 Å². The molecule has 0 aliphatic heterocycles. The molecular formula is C10H16N2O. The van der Waals surface area contributed by atoms with Gasteiger partial charge >= 0.3 is 0 Å². The summed E-state index contributed by atoms with van der Waals surface area (Å²) in [5.41, 5.74) is 2.17. The Morgan fingerprint density at radius 1 is 1.54 bits per heavy atom. The van der Waals surface area contributed by atoms with Crippen molar-refractivity contribution in [3.8, 4) is 0 Å². The minimum absolute atomic E-state index is 0.293. The van der Waals surface area contributed by atoms with E-state index in [0.717, 1.165) is 17.8 Å². The maximum Gasteiger partial charge on any atom is 0.0636 e. The second kappa shape index (κ2) is 4.94. The molecule has 0 saturated carbocycles. The molecule has 3 heteroatoms. The lowest BCUT2D eigenvalue weighted by molar-refractivity contribution is 0.191. The molecule has 13 heavy (non-hydrogen) atoms. The summed E-state index contributed by atoms with van der Waals surface area (Å²) in [5, 5.41) is 12.1. The smallest absolute Gasteiger partial charge is 0.0636 e. The first kappa shape index (κ1) is 10.2. The van der Waals surface area contributed by atoms with E-state index in [2.05, 4.69) is 10.3 Å². The molecule has 1 aromatic rings. The highest BCUT2D eigenvalue weighted by atomic mass is 16.3. The van der Waals surface area contributed by atoms with Crippen molar-refractivity contribution < 1.29 is 5.11 Å². The van der Waals surface area contributed by atoms with Crippen LogP contribution >= 0.6 is 0 Å². The van der Waals surface area contributed by atoms with Crippen molar-refractivity contribution in [2.24, 2.45) is 0 Å². The largest absolute Gasteiger partial charge is 0.392 e. The first-order valence-corrected chi connectivity index (χ1v) is 4.49. The van der Waals surface area contributed by atoms with Crippen molar-refractivity contribution in [2.45, 2.75) is 26.5 Å². The van der Waals surface area contributed by atoms with E-state index >= 15 is 0 Å². The number of nitrogens with one attached hydrogen (secondary N) is 1. The number of nitrogens with zero attached hydrogens (tertiary/aromatic N) is 1. The predicted octanol–water partition coefficient (Wildman–Crippen LogP) is 0.860. The molecule has 1 rings (SSSR count). The Labute approximate surface area is 78.8 Å². The number of aromatic nitrogens is 1. The van der Waals surface area contributed by atoms with Crippen LogP contribution in [0.5, 0.6) is 0 Å². The van der Waals surface area contributed by atoms with Gasteiger partial charge < -0.3 is 10.4 Å². The highest BCUT2D eigenvalue weighted by Gasteiger charge is 1.95. The van der Waals surface area contributed by atoms with E-state index in [1.165, 1.54) is 0 Å². The maximum atomic E-state index is 9.00. The van der Waals surface area contributed by atoms with Gasteiger partial charge in [-0.1, -0.05) is 6.07 Å². The summed E-state index contributed by atoms with van der Waals surface area (Å²) >= 11 is 0. The van der Waals surface area contributed by atoms with Gasteiger partial charge in [0.25, 0.3) is 0 Å². The third-order valence-corrected chi connectivity index (χ3v) is 1.74. The lowest BCUT2D eigenvalue weighted by Crippen LogP contribution is -2.23. The average Bonchev–Trinajstić information content (AvgIpc) is 2.08. The van der Waals surface area contributed by atoms with Gasteiger partial charge in [0.05, 0.1) is 6.10 Å². The molecule has 0 saturated heterocycles. The van der Waals surface area contributed by atoms with Crippen molar-refractivity contribution in [1.82, 2.24) is 10.3 Å². The van der Waals surface area contributed by atoms with Crippen molar-refractivity contribution in [2.75, 3.05) is 6.54 Å². The number of pyridine rings is 1. The third kappa shape index (κ3) is 4.01. The summed E-state index contributed by atoms with van der Waals surface area (Å²) in [6.45, 7) is 5.11. The first-order chi connectivity index (χ1) is 6.18. The van der Waals surface area contributed by atoms with Gasteiger partial charge in [0.15, 0.2) is 0 Å². The van der Waals surface area contributed by atoms with Gasteiger partial charge in [-0.25, -0.2) is 0 Å². The Hall–Kier alpha value is -0.930. The van der Waals surface area contributed by atoms with Crippen LogP contribution in [0.25, 0.3) is 0 Å². The van der Waals surface area contributed by atoms with Gasteiger partial charge in [0.2, 0.25) is 0 Å². The predicted molar refractivity (Wildman–Crippen MR) is 52.4 cm³/mol. The molecule has 1 heterocycles. The fourth-order valence-electron chi connectivity index (χ4n) is 1.03. The van der Waals surface area contributed by atoms with Crippen LogP contribution in [-0.4, -0.2) is 22.7 Å². The minimum Gasteiger partial charge on any atom is -0.392 e. The van der Waals surface area contributed by atoms with Crippen molar-refractivity contribution in [1.29, 1.82) is 0 Å². The Morgan fingerprint density at radius 3 is 2.85 bits per heavy atom. The van der Waals surface area contributed by atoms with E-state index < -0.39 is 0 Å². The van der Waals surface area contributed by atoms with Gasteiger partial charge in [-0.2, -0.15) is 0 Å². The van der Waals surface area contributed by atoms with E-state index in [0.29, 0.717) is 6.54 Å². The number of hydrogen-bond acceptors (Lipinski definition) is 3. The minimum atomic E-state index is -0.293. The molecule has 0 unspecified atom stereocenters. The summed E-state index contributed by atoms with van der Waals surface area (Å²) in [4.78, 5) is 4.17. The zero-order valence-electron chi connectivity index (χ0n) is 8.12. The third-order valence-electron chi connectivity index (χ3n) is 1.74. The molecule has 1 aromatic heterocycles. The Kier molecular flexibility index (Phi) is 3.86. The van der Waals surface area contributed by atoms with Crippen LogP contribution in [0, 0.1) is 6.92 Å². The molecule has 72 valence electrons. The number of aryl methyl sites for hydroxylation is 1. The summed E-state index contributed by atoms with van der Waals surface area (Å²) in [7, 11) is 0. The molecule has 0 aromatic carbocycles. The molecule has 0 aliphatic rings. The van der Waals surface area contributed by atoms with Crippen molar-refractivity contribution >= 4 is 0 Å². The van der Waals surface area contributed by atoms with Gasteiger partial charge in [-0.3, -0.25) is 4.98 Å². The zero-order valence-corrected chi connectivity index (χ0v) is 8.12. The van der Waals surface area contributed by atoms with E-state index in [4.69, 9.17) is 5.11 Å². The standard InChI is InChI=1S/C10H16N2O/c1-8-3-4-10(7-12-8)6-11-5-9(2)13/h3-4,7,9,11,13H,5-6H2,1-2H3/t9-/m0/s1. The van der Waals surface area contributed by atoms with Crippen LogP contribution < -0.4 is 5.32 Å². The molecule has 0 bridgehead atoms. The van der Waals surface area contributed by atoms with E-state index in [1.54, 1.807) is 6.92 Å². The molecule has 3 nitrogen and oxygen atoms in total. The number of aliphatic hydroxyl groups is 1. The van der Waals surface area contributed by atoms with Gasteiger partial charge in [0.1, 0.15) is 0 Å². The van der Waals surface area contributed by atoms with Crippen LogP contribution in [0.4, 0.5) is 0 Å². The quantitative estimate of drug-likeness (QED) is 0.722.